The number of rotatable bonds is 4. The first-order chi connectivity index (χ1) is 17.3. The number of aromatic nitrogens is 1. The summed E-state index contributed by atoms with van der Waals surface area (Å²) >= 11 is 0. The van der Waals surface area contributed by atoms with Crippen molar-refractivity contribution in [2.45, 2.75) is 84.8 Å². The molecule has 1 aromatic heterocycles. The normalized spacial score (nSPS) is 27.3. The number of aliphatic hydroxyl groups excluding tert-OH is 2. The van der Waals surface area contributed by atoms with Crippen LogP contribution in [-0.4, -0.2) is 27.4 Å². The van der Waals surface area contributed by atoms with Crippen LogP contribution in [0.2, 0.25) is 0 Å². The van der Waals surface area contributed by atoms with Gasteiger partial charge >= 0.3 is 0 Å². The van der Waals surface area contributed by atoms with E-state index < -0.39 is 0 Å². The fourth-order valence-electron chi connectivity index (χ4n) is 6.63. The molecule has 2 N–H and O–H groups in total. The zero-order valence-corrected chi connectivity index (χ0v) is 25.4. The molecule has 0 saturated heterocycles. The Hall–Kier alpha value is -1.58. The van der Waals surface area contributed by atoms with Gasteiger partial charge in [0.25, 0.3) is 0 Å². The summed E-state index contributed by atoms with van der Waals surface area (Å²) in [6, 6.07) is 21.8. The zero-order chi connectivity index (χ0) is 25.8. The van der Waals surface area contributed by atoms with Crippen LogP contribution in [0.15, 0.2) is 54.6 Å². The van der Waals surface area contributed by atoms with Crippen molar-refractivity contribution >= 4 is 10.9 Å². The van der Waals surface area contributed by atoms with Crippen LogP contribution in [0.1, 0.15) is 78.2 Å². The molecular formula is C33H44IrNO2-. The van der Waals surface area contributed by atoms with Crippen LogP contribution >= 0.6 is 0 Å². The predicted octanol–water partition coefficient (Wildman–Crippen LogP) is 7.65. The second-order valence-corrected chi connectivity index (χ2v) is 11.6. The van der Waals surface area contributed by atoms with Gasteiger partial charge in [-0.2, -0.15) is 0 Å². The summed E-state index contributed by atoms with van der Waals surface area (Å²) in [5.41, 5.74) is 4.43. The predicted molar refractivity (Wildman–Crippen MR) is 150 cm³/mol. The molecule has 6 atom stereocenters. The number of fused-ring (bicyclic) bond motifs is 2. The Morgan fingerprint density at radius 3 is 2.38 bits per heavy atom. The monoisotopic (exact) mass is 679 g/mol. The number of hydrogen-bond acceptors (Lipinski definition) is 3. The van der Waals surface area contributed by atoms with Crippen molar-refractivity contribution in [1.29, 1.82) is 0 Å². The quantitative estimate of drug-likeness (QED) is 0.279. The average Bonchev–Trinajstić information content (AvgIpc) is 3.13. The molecule has 2 aliphatic carbocycles. The summed E-state index contributed by atoms with van der Waals surface area (Å²) in [5.74, 6) is 2.56. The third-order valence-corrected chi connectivity index (χ3v) is 8.73. The van der Waals surface area contributed by atoms with Gasteiger partial charge in [-0.05, 0) is 66.2 Å². The maximum atomic E-state index is 10.5. The van der Waals surface area contributed by atoms with E-state index in [1.807, 2.05) is 24.3 Å². The van der Waals surface area contributed by atoms with E-state index in [1.165, 1.54) is 23.8 Å². The maximum absolute atomic E-state index is 10.5. The third kappa shape index (κ3) is 6.71. The van der Waals surface area contributed by atoms with Crippen molar-refractivity contribution < 1.29 is 30.3 Å². The molecule has 2 saturated carbocycles. The summed E-state index contributed by atoms with van der Waals surface area (Å²) < 4.78 is 0. The summed E-state index contributed by atoms with van der Waals surface area (Å²) in [4.78, 5) is 4.76. The molecule has 37 heavy (non-hydrogen) atoms. The van der Waals surface area contributed by atoms with Crippen LogP contribution in [0.4, 0.5) is 0 Å². The smallest absolute Gasteiger partial charge is 0.0626 e. The number of nitrogens with zero attached hydrogens (tertiary/aromatic N) is 1. The molecule has 1 radical (unpaired) electrons. The molecule has 2 aliphatic rings. The molecule has 0 amide bonds. The zero-order valence-electron chi connectivity index (χ0n) is 23.0. The molecule has 5 rings (SSSR count). The third-order valence-electron chi connectivity index (χ3n) is 8.73. The largest absolute Gasteiger partial charge is 0.392 e. The molecule has 3 aromatic rings. The van der Waals surface area contributed by atoms with E-state index >= 15 is 0 Å². The Morgan fingerprint density at radius 1 is 0.946 bits per heavy atom. The first-order valence-corrected chi connectivity index (χ1v) is 14.0. The van der Waals surface area contributed by atoms with E-state index in [2.05, 4.69) is 71.0 Å². The SMILES string of the molecule is CC(C)c1cccc2nc(-c3[c-]cccc3)ccc12.CC[C@H]1CCCC2C[C@@H](C(C)C)C(O)C2C1O.[Ir]. The summed E-state index contributed by atoms with van der Waals surface area (Å²) in [6.45, 7) is 11.0. The Morgan fingerprint density at radius 2 is 1.73 bits per heavy atom. The molecule has 2 aromatic carbocycles. The number of hydrogen-bond donors (Lipinski definition) is 2. The minimum Gasteiger partial charge on any atom is -0.392 e. The van der Waals surface area contributed by atoms with Gasteiger partial charge in [-0.25, -0.2) is 0 Å². The second-order valence-electron chi connectivity index (χ2n) is 11.6. The van der Waals surface area contributed by atoms with Crippen molar-refractivity contribution in [3.8, 4) is 11.3 Å². The summed E-state index contributed by atoms with van der Waals surface area (Å²) in [5, 5.41) is 22.3. The van der Waals surface area contributed by atoms with Gasteiger partial charge in [-0.1, -0.05) is 71.7 Å². The molecule has 0 spiro atoms. The molecule has 3 nitrogen and oxygen atoms in total. The van der Waals surface area contributed by atoms with Crippen LogP contribution in [0.5, 0.6) is 0 Å². The number of benzene rings is 2. The van der Waals surface area contributed by atoms with Crippen molar-refractivity contribution in [1.82, 2.24) is 4.98 Å². The van der Waals surface area contributed by atoms with Gasteiger partial charge in [0, 0.05) is 31.4 Å². The fraction of sp³-hybridized carbons (Fsp3) is 0.545. The topological polar surface area (TPSA) is 53.4 Å². The second kappa shape index (κ2) is 13.5. The standard InChI is InChI=1S/C18H16N.C15H28O2.Ir/c1-13(2)15-9-6-10-18-16(15)11-12-17(19-18)14-7-4-3-5-8-14;1-4-10-6-5-7-11-8-12(9(2)3)15(17)13(11)14(10)16;/h3-7,9-13H,1-2H3;9-17H,4-8H2,1-3H3;/q-1;;/t;10-,11?,12-,13?,14?,15?;/m.0./s1. The van der Waals surface area contributed by atoms with E-state index in [0.29, 0.717) is 29.6 Å². The molecule has 2 fully saturated rings. The average molecular weight is 679 g/mol. The summed E-state index contributed by atoms with van der Waals surface area (Å²) in [6.07, 6.45) is 5.20. The van der Waals surface area contributed by atoms with Gasteiger partial charge in [0.1, 0.15) is 0 Å². The fourth-order valence-corrected chi connectivity index (χ4v) is 6.63. The first-order valence-electron chi connectivity index (χ1n) is 14.0. The van der Waals surface area contributed by atoms with Crippen molar-refractivity contribution in [2.24, 2.45) is 29.6 Å². The van der Waals surface area contributed by atoms with Gasteiger partial charge < -0.3 is 10.2 Å². The Kier molecular flexibility index (Phi) is 10.9. The van der Waals surface area contributed by atoms with Crippen LogP contribution in [0.3, 0.4) is 0 Å². The van der Waals surface area contributed by atoms with E-state index in [9.17, 15) is 10.2 Å². The van der Waals surface area contributed by atoms with Crippen LogP contribution < -0.4 is 0 Å². The molecule has 4 heteroatoms. The van der Waals surface area contributed by atoms with Gasteiger partial charge in [-0.3, -0.25) is 4.98 Å². The Bertz CT molecular complexity index is 1110. The Labute approximate surface area is 237 Å². The maximum Gasteiger partial charge on any atom is 0.0626 e. The number of aliphatic hydroxyl groups is 2. The molecule has 4 unspecified atom stereocenters. The van der Waals surface area contributed by atoms with Gasteiger partial charge in [0.05, 0.1) is 17.7 Å². The van der Waals surface area contributed by atoms with Gasteiger partial charge in [-0.15, -0.1) is 35.9 Å². The number of pyridine rings is 1. The minimum atomic E-state index is -0.276. The van der Waals surface area contributed by atoms with Gasteiger partial charge in [0.2, 0.25) is 0 Å². The van der Waals surface area contributed by atoms with Crippen LogP contribution in [0, 0.1) is 35.7 Å². The van der Waals surface area contributed by atoms with E-state index in [0.717, 1.165) is 36.0 Å². The van der Waals surface area contributed by atoms with Crippen LogP contribution in [-0.2, 0) is 20.1 Å². The van der Waals surface area contributed by atoms with Crippen LogP contribution in [0.25, 0.3) is 22.2 Å². The van der Waals surface area contributed by atoms with Crippen molar-refractivity contribution in [2.75, 3.05) is 0 Å². The molecule has 0 aliphatic heterocycles. The van der Waals surface area contributed by atoms with Crippen molar-refractivity contribution in [3.05, 3.63) is 66.2 Å². The molecule has 1 heterocycles. The van der Waals surface area contributed by atoms with E-state index in [4.69, 9.17) is 4.98 Å². The van der Waals surface area contributed by atoms with E-state index in [-0.39, 0.29) is 38.2 Å². The van der Waals surface area contributed by atoms with E-state index in [1.54, 1.807) is 0 Å². The minimum absolute atomic E-state index is 0. The summed E-state index contributed by atoms with van der Waals surface area (Å²) in [7, 11) is 0. The molecular weight excluding hydrogens is 635 g/mol. The molecule has 203 valence electrons. The molecule has 0 bridgehead atoms. The van der Waals surface area contributed by atoms with Crippen molar-refractivity contribution in [3.63, 3.8) is 0 Å². The first kappa shape index (κ1) is 30.0. The Balaban J connectivity index is 0.000000201. The van der Waals surface area contributed by atoms with Gasteiger partial charge in [0.15, 0.2) is 0 Å².